The van der Waals surface area contributed by atoms with Crippen LogP contribution in [0.2, 0.25) is 0 Å². The van der Waals surface area contributed by atoms with E-state index < -0.39 is 5.97 Å². The smallest absolute Gasteiger partial charge is 0.306 e. The number of carbonyl (C=O) groups is 1. The molecule has 0 fully saturated rings. The highest BCUT2D eigenvalue weighted by molar-refractivity contribution is 5.69. The lowest BCUT2D eigenvalue weighted by Crippen LogP contribution is -2.14. The monoisotopic (exact) mass is 386 g/mol. The summed E-state index contributed by atoms with van der Waals surface area (Å²) in [7, 11) is 0. The van der Waals surface area contributed by atoms with E-state index in [4.69, 9.17) is 0 Å². The fourth-order valence-electron chi connectivity index (χ4n) is 3.66. The highest BCUT2D eigenvalue weighted by Crippen LogP contribution is 2.18. The predicted molar refractivity (Wildman–Crippen MR) is 121 cm³/mol. The van der Waals surface area contributed by atoms with Crippen molar-refractivity contribution in [3.8, 4) is 0 Å². The summed E-state index contributed by atoms with van der Waals surface area (Å²) < 4.78 is 0. The average Bonchev–Trinajstić information content (AvgIpc) is 2.71. The van der Waals surface area contributed by atoms with Gasteiger partial charge in [-0.05, 0) is 50.5 Å². The third-order valence-corrected chi connectivity index (χ3v) is 5.54. The van der Waals surface area contributed by atoms with Crippen molar-refractivity contribution in [2.24, 2.45) is 5.92 Å². The zero-order chi connectivity index (χ0) is 20.3. The van der Waals surface area contributed by atoms with Gasteiger partial charge < -0.3 is 5.11 Å². The molecule has 0 saturated carbocycles. The Balaban J connectivity index is 1.98. The molecule has 0 amide bonds. The van der Waals surface area contributed by atoms with E-state index >= 15 is 0 Å². The first-order valence-electron chi connectivity index (χ1n) is 11.7. The van der Waals surface area contributed by atoms with E-state index in [1.807, 2.05) is 18.2 Å². The van der Waals surface area contributed by atoms with Gasteiger partial charge >= 0.3 is 5.97 Å². The first-order valence-corrected chi connectivity index (χ1v) is 11.7. The van der Waals surface area contributed by atoms with Crippen LogP contribution in [0.4, 0.5) is 0 Å². The van der Waals surface area contributed by atoms with E-state index in [0.29, 0.717) is 0 Å². The van der Waals surface area contributed by atoms with Crippen LogP contribution in [0.25, 0.3) is 0 Å². The molecule has 1 unspecified atom stereocenters. The first-order chi connectivity index (χ1) is 13.7. The molecule has 2 nitrogen and oxygen atoms in total. The molecule has 0 heterocycles. The van der Waals surface area contributed by atoms with Crippen molar-refractivity contribution in [3.05, 3.63) is 48.0 Å². The summed E-state index contributed by atoms with van der Waals surface area (Å²) in [6.07, 6.45) is 22.4. The van der Waals surface area contributed by atoms with Crippen molar-refractivity contribution in [2.75, 3.05) is 0 Å². The maximum absolute atomic E-state index is 11.5. The fourth-order valence-corrected chi connectivity index (χ4v) is 3.66. The molecule has 158 valence electrons. The van der Waals surface area contributed by atoms with Crippen LogP contribution >= 0.6 is 0 Å². The number of aliphatic carboxylic acids is 1. The van der Waals surface area contributed by atoms with Gasteiger partial charge in [0.15, 0.2) is 0 Å². The minimum atomic E-state index is -0.631. The first kappa shape index (κ1) is 24.5. The summed E-state index contributed by atoms with van der Waals surface area (Å²) in [5.41, 5.74) is 1.24. The average molecular weight is 387 g/mol. The molecule has 1 atom stereocenters. The van der Waals surface area contributed by atoms with E-state index in [2.05, 4.69) is 31.2 Å². The number of carboxylic acid groups (broad SMARTS) is 1. The Morgan fingerprint density at radius 2 is 1.39 bits per heavy atom. The molecule has 1 N–H and O–H groups in total. The minimum Gasteiger partial charge on any atom is -0.481 e. The molecule has 0 aliphatic carbocycles. The Morgan fingerprint density at radius 3 is 2.00 bits per heavy atom. The molecule has 1 rings (SSSR count). The van der Waals surface area contributed by atoms with Gasteiger partial charge in [-0.3, -0.25) is 4.79 Å². The van der Waals surface area contributed by atoms with E-state index in [9.17, 15) is 9.90 Å². The molecule has 0 aromatic heterocycles. The van der Waals surface area contributed by atoms with Gasteiger partial charge in [0, 0.05) is 0 Å². The Hall–Kier alpha value is -1.57. The van der Waals surface area contributed by atoms with Gasteiger partial charge in [0.05, 0.1) is 5.92 Å². The van der Waals surface area contributed by atoms with Gasteiger partial charge in [0.2, 0.25) is 0 Å². The van der Waals surface area contributed by atoms with Gasteiger partial charge in [-0.1, -0.05) is 101 Å². The van der Waals surface area contributed by atoms with Crippen molar-refractivity contribution in [1.29, 1.82) is 0 Å². The molecular weight excluding hydrogens is 344 g/mol. The Kier molecular flexibility index (Phi) is 15.3. The Morgan fingerprint density at radius 1 is 0.821 bits per heavy atom. The number of hydrogen-bond acceptors (Lipinski definition) is 1. The lowest BCUT2D eigenvalue weighted by Gasteiger charge is -2.12. The standard InChI is InChI=1S/C26H42O2/c1-2-3-4-5-6-7-8-9-10-11-12-13-14-18-21-25(26(27)28)23-22-24-19-16-15-17-20-24/h9-10,15-17,19-20,25H,2-8,11-14,18,21-23H2,1H3,(H,27,28)/b10-9+. The number of benzene rings is 1. The topological polar surface area (TPSA) is 37.3 Å². The lowest BCUT2D eigenvalue weighted by molar-refractivity contribution is -0.142. The summed E-state index contributed by atoms with van der Waals surface area (Å²) >= 11 is 0. The second kappa shape index (κ2) is 17.5. The number of allylic oxidation sites excluding steroid dienone is 2. The largest absolute Gasteiger partial charge is 0.481 e. The molecule has 0 aliphatic rings. The third kappa shape index (κ3) is 13.6. The van der Waals surface area contributed by atoms with Crippen molar-refractivity contribution in [1.82, 2.24) is 0 Å². The number of aryl methyl sites for hydroxylation is 1. The maximum Gasteiger partial charge on any atom is 0.306 e. The van der Waals surface area contributed by atoms with E-state index in [1.165, 1.54) is 69.8 Å². The highest BCUT2D eigenvalue weighted by Gasteiger charge is 2.16. The van der Waals surface area contributed by atoms with Crippen LogP contribution < -0.4 is 0 Å². The Labute approximate surface area is 173 Å². The van der Waals surface area contributed by atoms with Crippen LogP contribution in [0.15, 0.2) is 42.5 Å². The number of carboxylic acids is 1. The zero-order valence-corrected chi connectivity index (χ0v) is 18.1. The summed E-state index contributed by atoms with van der Waals surface area (Å²) in [6, 6.07) is 10.2. The normalized spacial score (nSPS) is 12.5. The summed E-state index contributed by atoms with van der Waals surface area (Å²) in [5.74, 6) is -0.828. The molecule has 28 heavy (non-hydrogen) atoms. The van der Waals surface area contributed by atoms with Crippen molar-refractivity contribution in [3.63, 3.8) is 0 Å². The fraction of sp³-hybridized carbons (Fsp3) is 0.654. The SMILES string of the molecule is CCCCCCCC/C=C/CCCCCCC(CCc1ccccc1)C(=O)O. The molecule has 0 spiro atoms. The van der Waals surface area contributed by atoms with Crippen molar-refractivity contribution < 1.29 is 9.90 Å². The molecular formula is C26H42O2. The molecule has 0 aliphatic heterocycles. The highest BCUT2D eigenvalue weighted by atomic mass is 16.4. The van der Waals surface area contributed by atoms with Crippen LogP contribution in [0.5, 0.6) is 0 Å². The molecule has 0 saturated heterocycles. The molecule has 1 aromatic rings. The van der Waals surface area contributed by atoms with Crippen molar-refractivity contribution >= 4 is 5.97 Å². The van der Waals surface area contributed by atoms with Crippen LogP contribution in [0.3, 0.4) is 0 Å². The minimum absolute atomic E-state index is 0.197. The maximum atomic E-state index is 11.5. The van der Waals surface area contributed by atoms with E-state index in [-0.39, 0.29) is 5.92 Å². The second-order valence-electron chi connectivity index (χ2n) is 8.08. The summed E-state index contributed by atoms with van der Waals surface area (Å²) in [4.78, 5) is 11.5. The third-order valence-electron chi connectivity index (χ3n) is 5.54. The summed E-state index contributed by atoms with van der Waals surface area (Å²) in [6.45, 7) is 2.26. The predicted octanol–water partition coefficient (Wildman–Crippen LogP) is 7.97. The van der Waals surface area contributed by atoms with Gasteiger partial charge in [-0.15, -0.1) is 0 Å². The van der Waals surface area contributed by atoms with Gasteiger partial charge in [0.1, 0.15) is 0 Å². The van der Waals surface area contributed by atoms with Crippen LogP contribution in [0, 0.1) is 5.92 Å². The lowest BCUT2D eigenvalue weighted by atomic mass is 9.94. The second-order valence-corrected chi connectivity index (χ2v) is 8.08. The number of hydrogen-bond donors (Lipinski definition) is 1. The molecule has 1 aromatic carbocycles. The van der Waals surface area contributed by atoms with E-state index in [1.54, 1.807) is 0 Å². The quantitative estimate of drug-likeness (QED) is 0.205. The van der Waals surface area contributed by atoms with Crippen LogP contribution in [0.1, 0.15) is 102 Å². The Bertz CT molecular complexity index is 506. The molecule has 0 bridgehead atoms. The number of rotatable bonds is 18. The number of unbranched alkanes of at least 4 members (excludes halogenated alkanes) is 10. The zero-order valence-electron chi connectivity index (χ0n) is 18.1. The van der Waals surface area contributed by atoms with Gasteiger partial charge in [0.25, 0.3) is 0 Å². The van der Waals surface area contributed by atoms with Gasteiger partial charge in [-0.2, -0.15) is 0 Å². The summed E-state index contributed by atoms with van der Waals surface area (Å²) in [5, 5.41) is 9.45. The van der Waals surface area contributed by atoms with Crippen LogP contribution in [-0.4, -0.2) is 11.1 Å². The van der Waals surface area contributed by atoms with Crippen LogP contribution in [-0.2, 0) is 11.2 Å². The molecule has 2 heteroatoms. The van der Waals surface area contributed by atoms with Crippen molar-refractivity contribution in [2.45, 2.75) is 103 Å². The van der Waals surface area contributed by atoms with Gasteiger partial charge in [-0.25, -0.2) is 0 Å². The molecule has 0 radical (unpaired) electrons. The van der Waals surface area contributed by atoms with E-state index in [0.717, 1.165) is 32.1 Å².